The summed E-state index contributed by atoms with van der Waals surface area (Å²) >= 11 is 0. The molecule has 7 nitrogen and oxygen atoms in total. The molecular weight excluding hydrogens is 449 g/mol. The second kappa shape index (κ2) is 8.29. The van der Waals surface area contributed by atoms with Gasteiger partial charge in [0.2, 0.25) is 0 Å². The monoisotopic (exact) mass is 481 g/mol. The van der Waals surface area contributed by atoms with E-state index in [0.29, 0.717) is 46.8 Å². The fourth-order valence-corrected chi connectivity index (χ4v) is 7.09. The lowest BCUT2D eigenvalue weighted by Crippen LogP contribution is -2.62. The Morgan fingerprint density at radius 2 is 1.74 bits per heavy atom. The number of anilines is 1. The molecule has 3 unspecified atom stereocenters. The van der Waals surface area contributed by atoms with Crippen molar-refractivity contribution in [1.82, 2.24) is 9.88 Å². The summed E-state index contributed by atoms with van der Waals surface area (Å²) in [4.78, 5) is 39.5. The molecule has 8 heteroatoms. The Bertz CT molecular complexity index is 1230. The highest BCUT2D eigenvalue weighted by Gasteiger charge is 2.55. The van der Waals surface area contributed by atoms with Crippen molar-refractivity contribution in [2.24, 2.45) is 24.8 Å². The van der Waals surface area contributed by atoms with Gasteiger partial charge in [-0.1, -0.05) is 0 Å². The summed E-state index contributed by atoms with van der Waals surface area (Å²) in [6.07, 6.45) is 4.16. The van der Waals surface area contributed by atoms with Crippen molar-refractivity contribution in [3.63, 3.8) is 0 Å². The van der Waals surface area contributed by atoms with Crippen LogP contribution in [0.1, 0.15) is 69.8 Å². The Morgan fingerprint density at radius 1 is 1.09 bits per heavy atom. The van der Waals surface area contributed by atoms with E-state index in [1.165, 1.54) is 12.1 Å². The summed E-state index contributed by atoms with van der Waals surface area (Å²) < 4.78 is 15.2. The Kier molecular flexibility index (Phi) is 5.62. The summed E-state index contributed by atoms with van der Waals surface area (Å²) in [5.74, 6) is -1.22. The van der Waals surface area contributed by atoms with Gasteiger partial charge in [0.05, 0.1) is 16.9 Å². The molecule has 1 heterocycles. The fraction of sp³-hybridized carbons (Fsp3) is 0.519. The predicted octanol–water partition coefficient (Wildman–Crippen LogP) is 3.58. The van der Waals surface area contributed by atoms with Crippen LogP contribution in [-0.2, 0) is 11.8 Å². The van der Waals surface area contributed by atoms with Crippen molar-refractivity contribution in [3.05, 3.63) is 52.1 Å². The maximum absolute atomic E-state index is 13.6. The summed E-state index contributed by atoms with van der Waals surface area (Å²) in [7, 11) is 1.67. The number of nitrogens with one attached hydrogen (secondary N) is 2. The predicted molar refractivity (Wildman–Crippen MR) is 129 cm³/mol. The molecule has 1 aromatic carbocycles. The molecule has 0 spiro atoms. The van der Waals surface area contributed by atoms with E-state index in [4.69, 9.17) is 0 Å². The van der Waals surface area contributed by atoms with Gasteiger partial charge in [0.15, 0.2) is 0 Å². The van der Waals surface area contributed by atoms with Gasteiger partial charge < -0.3 is 20.3 Å². The molecule has 4 aliphatic carbocycles. The number of benzene rings is 1. The average Bonchev–Trinajstić information content (AvgIpc) is 2.99. The molecule has 4 saturated carbocycles. The van der Waals surface area contributed by atoms with E-state index >= 15 is 0 Å². The van der Waals surface area contributed by atoms with Crippen LogP contribution in [0.25, 0.3) is 0 Å². The fourth-order valence-electron chi connectivity index (χ4n) is 7.09. The quantitative estimate of drug-likeness (QED) is 0.449. The van der Waals surface area contributed by atoms with Gasteiger partial charge in [-0.15, -0.1) is 0 Å². The average molecular weight is 482 g/mol. The van der Waals surface area contributed by atoms with Gasteiger partial charge >= 0.3 is 0 Å². The molecule has 3 N–H and O–H groups in total. The molecule has 2 aromatic rings. The van der Waals surface area contributed by atoms with Crippen LogP contribution in [0.4, 0.5) is 10.1 Å². The zero-order chi connectivity index (χ0) is 25.2. The Labute approximate surface area is 204 Å². The van der Waals surface area contributed by atoms with Gasteiger partial charge in [-0.25, -0.2) is 4.39 Å². The number of Topliss-reactive ketones (excluding diaryl/α,β-unsaturated/α-hetero) is 1. The van der Waals surface area contributed by atoms with E-state index in [2.05, 4.69) is 10.6 Å². The first kappa shape index (κ1) is 23.7. The minimum atomic E-state index is -0.669. The van der Waals surface area contributed by atoms with Crippen molar-refractivity contribution >= 4 is 23.3 Å². The molecule has 1 aromatic heterocycles. The smallest absolute Gasteiger partial charge is 0.294 e. The number of halogens is 1. The van der Waals surface area contributed by atoms with E-state index in [1.54, 1.807) is 38.5 Å². The number of amides is 2. The largest absolute Gasteiger partial charge is 0.390 e. The highest BCUT2D eigenvalue weighted by atomic mass is 19.1. The summed E-state index contributed by atoms with van der Waals surface area (Å²) in [5, 5.41) is 16.6. The molecule has 35 heavy (non-hydrogen) atoms. The van der Waals surface area contributed by atoms with Crippen LogP contribution in [0.15, 0.2) is 18.2 Å². The molecule has 4 aliphatic rings. The SMILES string of the molecule is Cc1cc(NC(=O)c2c(C)c(C(=O)C(=O)NC3[C@@H]4CC5C[C@H]3CC(O)(C5)C4)n(C)c2C)ccc1F. The highest BCUT2D eigenvalue weighted by Crippen LogP contribution is 2.55. The molecule has 5 atom stereocenters. The third kappa shape index (κ3) is 3.97. The van der Waals surface area contributed by atoms with Crippen LogP contribution in [0.3, 0.4) is 0 Å². The van der Waals surface area contributed by atoms with Gasteiger partial charge in [-0.05, 0) is 100.0 Å². The van der Waals surface area contributed by atoms with Crippen LogP contribution in [0.5, 0.6) is 0 Å². The number of aromatic nitrogens is 1. The third-order valence-corrected chi connectivity index (χ3v) is 8.53. The van der Waals surface area contributed by atoms with E-state index in [-0.39, 0.29) is 29.4 Å². The first-order chi connectivity index (χ1) is 16.5. The van der Waals surface area contributed by atoms with Crippen molar-refractivity contribution in [2.75, 3.05) is 5.32 Å². The van der Waals surface area contributed by atoms with Gasteiger partial charge in [-0.2, -0.15) is 0 Å². The number of carbonyl (C=O) groups is 3. The van der Waals surface area contributed by atoms with Crippen LogP contribution in [0, 0.1) is 44.3 Å². The highest BCUT2D eigenvalue weighted by molar-refractivity contribution is 6.43. The van der Waals surface area contributed by atoms with Crippen molar-refractivity contribution in [3.8, 4) is 0 Å². The molecule has 4 bridgehead atoms. The molecular formula is C27H32FN3O4. The number of ketones is 1. The first-order valence-electron chi connectivity index (χ1n) is 12.3. The topological polar surface area (TPSA) is 100 Å². The van der Waals surface area contributed by atoms with Crippen LogP contribution in [-0.4, -0.2) is 38.9 Å². The van der Waals surface area contributed by atoms with Crippen LogP contribution < -0.4 is 10.6 Å². The summed E-state index contributed by atoms with van der Waals surface area (Å²) in [6, 6.07) is 4.21. The van der Waals surface area contributed by atoms with Crippen molar-refractivity contribution in [1.29, 1.82) is 0 Å². The first-order valence-corrected chi connectivity index (χ1v) is 12.3. The molecule has 4 fully saturated rings. The third-order valence-electron chi connectivity index (χ3n) is 8.53. The number of rotatable bonds is 5. The zero-order valence-corrected chi connectivity index (χ0v) is 20.6. The normalized spacial score (nSPS) is 28.7. The lowest BCUT2D eigenvalue weighted by atomic mass is 9.52. The van der Waals surface area contributed by atoms with Crippen molar-refractivity contribution in [2.45, 2.75) is 64.5 Å². The molecule has 186 valence electrons. The number of hydrogen-bond acceptors (Lipinski definition) is 4. The zero-order valence-electron chi connectivity index (χ0n) is 20.6. The van der Waals surface area contributed by atoms with Gasteiger partial charge in [0.25, 0.3) is 17.6 Å². The Morgan fingerprint density at radius 3 is 2.34 bits per heavy atom. The lowest BCUT2D eigenvalue weighted by molar-refractivity contribution is -0.144. The standard InChI is InChI=1S/C27H32FN3O4/c1-13-7-19(5-6-20(13)28)29-25(33)21-14(2)23(31(4)15(21)3)24(32)26(34)30-22-17-8-16-9-18(22)12-27(35,10-16)11-17/h5-7,16-18,22,35H,8-12H2,1-4H3,(H,29,33)(H,30,34)/t16?,17-,18+,22?,27?. The number of carbonyl (C=O) groups excluding carboxylic acids is 3. The Balaban J connectivity index is 1.35. The molecule has 0 radical (unpaired) electrons. The molecule has 2 amide bonds. The van der Waals surface area contributed by atoms with E-state index in [0.717, 1.165) is 19.3 Å². The minimum absolute atomic E-state index is 0.102. The lowest BCUT2D eigenvalue weighted by Gasteiger charge is -2.58. The second-order valence-electron chi connectivity index (χ2n) is 10.9. The van der Waals surface area contributed by atoms with E-state index in [1.807, 2.05) is 0 Å². The van der Waals surface area contributed by atoms with Crippen LogP contribution >= 0.6 is 0 Å². The number of aryl methyl sites for hydroxylation is 1. The summed E-state index contributed by atoms with van der Waals surface area (Å²) in [6.45, 7) is 5.00. The van der Waals surface area contributed by atoms with Gasteiger partial charge in [0.1, 0.15) is 5.82 Å². The molecule has 0 aliphatic heterocycles. The maximum Gasteiger partial charge on any atom is 0.294 e. The number of nitrogens with zero attached hydrogens (tertiary/aromatic N) is 1. The Hall–Kier alpha value is -3.00. The molecule has 0 saturated heterocycles. The van der Waals surface area contributed by atoms with Crippen molar-refractivity contribution < 1.29 is 23.9 Å². The summed E-state index contributed by atoms with van der Waals surface area (Å²) in [5.41, 5.74) is 1.75. The van der Waals surface area contributed by atoms with E-state index in [9.17, 15) is 23.9 Å². The van der Waals surface area contributed by atoms with E-state index < -0.39 is 23.2 Å². The number of aliphatic hydroxyl groups is 1. The van der Waals surface area contributed by atoms with Crippen LogP contribution in [0.2, 0.25) is 0 Å². The maximum atomic E-state index is 13.6. The molecule has 6 rings (SSSR count). The van der Waals surface area contributed by atoms with Gasteiger partial charge in [-0.3, -0.25) is 14.4 Å². The second-order valence-corrected chi connectivity index (χ2v) is 10.9. The number of hydrogen-bond donors (Lipinski definition) is 3. The minimum Gasteiger partial charge on any atom is -0.390 e. The van der Waals surface area contributed by atoms with Gasteiger partial charge in [0, 0.05) is 24.5 Å².